The van der Waals surface area contributed by atoms with E-state index in [-0.39, 0.29) is 0 Å². The number of allylic oxidation sites excluding steroid dienone is 1. The first-order valence-corrected chi connectivity index (χ1v) is 6.71. The van der Waals surface area contributed by atoms with Gasteiger partial charge >= 0.3 is 0 Å². The lowest BCUT2D eigenvalue weighted by molar-refractivity contribution is 0.541. The molecular formula is C15H22N2. The summed E-state index contributed by atoms with van der Waals surface area (Å²) in [5.41, 5.74) is 2.92. The molecule has 0 radical (unpaired) electrons. The van der Waals surface area contributed by atoms with Crippen LogP contribution in [0.5, 0.6) is 0 Å². The number of hydrogen-bond acceptors (Lipinski definition) is 2. The highest BCUT2D eigenvalue weighted by molar-refractivity contribution is 5.19. The summed E-state index contributed by atoms with van der Waals surface area (Å²) in [7, 11) is 0. The third-order valence-corrected chi connectivity index (χ3v) is 3.39. The molecule has 1 N–H and O–H groups in total. The average Bonchev–Trinajstić information content (AvgIpc) is 2.40. The van der Waals surface area contributed by atoms with E-state index >= 15 is 0 Å². The molecular weight excluding hydrogens is 208 g/mol. The predicted octanol–water partition coefficient (Wildman–Crippen LogP) is 3.10. The van der Waals surface area contributed by atoms with Gasteiger partial charge in [0.1, 0.15) is 0 Å². The SMILES string of the molecule is CCNC(Cc1cccnc1)C1=CCCCC1. The maximum absolute atomic E-state index is 4.20. The smallest absolute Gasteiger partial charge is 0.0320 e. The summed E-state index contributed by atoms with van der Waals surface area (Å²) >= 11 is 0. The molecule has 0 saturated carbocycles. The van der Waals surface area contributed by atoms with Crippen molar-refractivity contribution in [3.63, 3.8) is 0 Å². The molecule has 0 spiro atoms. The molecule has 17 heavy (non-hydrogen) atoms. The van der Waals surface area contributed by atoms with Crippen LogP contribution in [0.4, 0.5) is 0 Å². The zero-order valence-corrected chi connectivity index (χ0v) is 10.7. The molecule has 1 heterocycles. The van der Waals surface area contributed by atoms with Crippen LogP contribution in [0.25, 0.3) is 0 Å². The van der Waals surface area contributed by atoms with Crippen LogP contribution in [0.1, 0.15) is 38.2 Å². The Balaban J connectivity index is 2.04. The average molecular weight is 230 g/mol. The zero-order chi connectivity index (χ0) is 11.9. The Morgan fingerprint density at radius 2 is 2.35 bits per heavy atom. The molecule has 0 fully saturated rings. The van der Waals surface area contributed by atoms with Gasteiger partial charge in [0.25, 0.3) is 0 Å². The van der Waals surface area contributed by atoms with E-state index < -0.39 is 0 Å². The number of nitrogens with one attached hydrogen (secondary N) is 1. The van der Waals surface area contributed by atoms with E-state index in [1.807, 2.05) is 18.5 Å². The molecule has 1 aromatic heterocycles. The molecule has 0 amide bonds. The minimum atomic E-state index is 0.504. The Kier molecular flexibility index (Phi) is 4.75. The summed E-state index contributed by atoms with van der Waals surface area (Å²) in [6, 6.07) is 4.69. The first-order chi connectivity index (χ1) is 8.40. The lowest BCUT2D eigenvalue weighted by Crippen LogP contribution is -2.33. The van der Waals surface area contributed by atoms with Crippen LogP contribution in [0.15, 0.2) is 36.2 Å². The second-order valence-electron chi connectivity index (χ2n) is 4.70. The van der Waals surface area contributed by atoms with Crippen molar-refractivity contribution in [1.29, 1.82) is 0 Å². The van der Waals surface area contributed by atoms with E-state index in [0.717, 1.165) is 13.0 Å². The largest absolute Gasteiger partial charge is 0.310 e. The van der Waals surface area contributed by atoms with E-state index in [0.29, 0.717) is 6.04 Å². The van der Waals surface area contributed by atoms with Crippen LogP contribution >= 0.6 is 0 Å². The summed E-state index contributed by atoms with van der Waals surface area (Å²) in [6.07, 6.45) is 12.5. The fourth-order valence-electron chi connectivity index (χ4n) is 2.51. The third-order valence-electron chi connectivity index (χ3n) is 3.39. The molecule has 1 aliphatic carbocycles. The van der Waals surface area contributed by atoms with Crippen LogP contribution < -0.4 is 5.32 Å². The first-order valence-electron chi connectivity index (χ1n) is 6.71. The van der Waals surface area contributed by atoms with Gasteiger partial charge in [-0.1, -0.05) is 24.6 Å². The molecule has 1 aliphatic rings. The van der Waals surface area contributed by atoms with E-state index in [1.54, 1.807) is 5.57 Å². The second kappa shape index (κ2) is 6.55. The van der Waals surface area contributed by atoms with Crippen molar-refractivity contribution in [3.05, 3.63) is 41.7 Å². The third kappa shape index (κ3) is 3.67. The maximum atomic E-state index is 4.20. The van der Waals surface area contributed by atoms with Crippen LogP contribution in [0, 0.1) is 0 Å². The van der Waals surface area contributed by atoms with Gasteiger partial charge in [-0.05, 0) is 50.3 Å². The van der Waals surface area contributed by atoms with Crippen LogP contribution in [0.3, 0.4) is 0 Å². The van der Waals surface area contributed by atoms with Crippen molar-refractivity contribution >= 4 is 0 Å². The van der Waals surface area contributed by atoms with Crippen molar-refractivity contribution in [3.8, 4) is 0 Å². The second-order valence-corrected chi connectivity index (χ2v) is 4.70. The number of aromatic nitrogens is 1. The molecule has 0 bridgehead atoms. The molecule has 1 unspecified atom stereocenters. The van der Waals surface area contributed by atoms with E-state index in [1.165, 1.54) is 31.2 Å². The van der Waals surface area contributed by atoms with Crippen molar-refractivity contribution in [2.75, 3.05) is 6.54 Å². The number of pyridine rings is 1. The molecule has 1 aromatic rings. The van der Waals surface area contributed by atoms with Crippen LogP contribution in [0.2, 0.25) is 0 Å². The van der Waals surface area contributed by atoms with Crippen molar-refractivity contribution < 1.29 is 0 Å². The zero-order valence-electron chi connectivity index (χ0n) is 10.7. The molecule has 2 heteroatoms. The standard InChI is InChI=1S/C15H22N2/c1-2-17-15(14-8-4-3-5-9-14)11-13-7-6-10-16-12-13/h6-8,10,12,15,17H,2-5,9,11H2,1H3. The lowest BCUT2D eigenvalue weighted by atomic mass is 9.90. The Hall–Kier alpha value is -1.15. The summed E-state index contributed by atoms with van der Waals surface area (Å²) in [5, 5.41) is 3.60. The molecule has 2 rings (SSSR count). The van der Waals surface area contributed by atoms with Gasteiger partial charge < -0.3 is 5.32 Å². The van der Waals surface area contributed by atoms with Gasteiger partial charge in [0.05, 0.1) is 0 Å². The molecule has 0 aliphatic heterocycles. The number of rotatable bonds is 5. The normalized spacial score (nSPS) is 17.6. The maximum Gasteiger partial charge on any atom is 0.0320 e. The van der Waals surface area contributed by atoms with Crippen molar-refractivity contribution in [1.82, 2.24) is 10.3 Å². The molecule has 2 nitrogen and oxygen atoms in total. The van der Waals surface area contributed by atoms with Crippen molar-refractivity contribution in [2.24, 2.45) is 0 Å². The fraction of sp³-hybridized carbons (Fsp3) is 0.533. The Bertz CT molecular complexity index is 356. The molecule has 92 valence electrons. The quantitative estimate of drug-likeness (QED) is 0.786. The molecule has 0 aromatic carbocycles. The fourth-order valence-corrected chi connectivity index (χ4v) is 2.51. The predicted molar refractivity (Wildman–Crippen MR) is 72.0 cm³/mol. The lowest BCUT2D eigenvalue weighted by Gasteiger charge is -2.24. The van der Waals surface area contributed by atoms with E-state index in [4.69, 9.17) is 0 Å². The number of hydrogen-bond donors (Lipinski definition) is 1. The van der Waals surface area contributed by atoms with Gasteiger partial charge in [-0.3, -0.25) is 4.98 Å². The van der Waals surface area contributed by atoms with Gasteiger partial charge in [0.15, 0.2) is 0 Å². The van der Waals surface area contributed by atoms with Gasteiger partial charge in [0.2, 0.25) is 0 Å². The Labute approximate surface area is 104 Å². The minimum Gasteiger partial charge on any atom is -0.310 e. The Morgan fingerprint density at radius 3 is 3.00 bits per heavy atom. The summed E-state index contributed by atoms with van der Waals surface area (Å²) in [5.74, 6) is 0. The number of likely N-dealkylation sites (N-methyl/N-ethyl adjacent to an activating group) is 1. The highest BCUT2D eigenvalue weighted by atomic mass is 14.9. The molecule has 1 atom stereocenters. The van der Waals surface area contributed by atoms with E-state index in [2.05, 4.69) is 29.4 Å². The minimum absolute atomic E-state index is 0.504. The van der Waals surface area contributed by atoms with Crippen molar-refractivity contribution in [2.45, 2.75) is 45.1 Å². The topological polar surface area (TPSA) is 24.9 Å². The summed E-state index contributed by atoms with van der Waals surface area (Å²) in [4.78, 5) is 4.20. The van der Waals surface area contributed by atoms with E-state index in [9.17, 15) is 0 Å². The van der Waals surface area contributed by atoms with Gasteiger partial charge in [0, 0.05) is 18.4 Å². The monoisotopic (exact) mass is 230 g/mol. The highest BCUT2D eigenvalue weighted by Crippen LogP contribution is 2.22. The van der Waals surface area contributed by atoms with Gasteiger partial charge in [-0.2, -0.15) is 0 Å². The summed E-state index contributed by atoms with van der Waals surface area (Å²) in [6.45, 7) is 3.21. The Morgan fingerprint density at radius 1 is 1.41 bits per heavy atom. The highest BCUT2D eigenvalue weighted by Gasteiger charge is 2.15. The first kappa shape index (κ1) is 12.3. The van der Waals surface area contributed by atoms with Crippen LogP contribution in [-0.4, -0.2) is 17.6 Å². The summed E-state index contributed by atoms with van der Waals surface area (Å²) < 4.78 is 0. The van der Waals surface area contributed by atoms with Gasteiger partial charge in [-0.25, -0.2) is 0 Å². The number of nitrogens with zero attached hydrogens (tertiary/aromatic N) is 1. The molecule has 0 saturated heterocycles. The van der Waals surface area contributed by atoms with Crippen LogP contribution in [-0.2, 0) is 6.42 Å². The van der Waals surface area contributed by atoms with Gasteiger partial charge in [-0.15, -0.1) is 0 Å².